The van der Waals surface area contributed by atoms with Gasteiger partial charge in [0.2, 0.25) is 0 Å². The second-order valence-corrected chi connectivity index (χ2v) is 6.80. The van der Waals surface area contributed by atoms with E-state index < -0.39 is 0 Å². The summed E-state index contributed by atoms with van der Waals surface area (Å²) in [5.74, 6) is 1.84. The van der Waals surface area contributed by atoms with Crippen molar-refractivity contribution in [3.8, 4) is 0 Å². The maximum atomic E-state index is 5.95. The second kappa shape index (κ2) is 8.85. The van der Waals surface area contributed by atoms with Gasteiger partial charge in [0.25, 0.3) is 0 Å². The maximum Gasteiger partial charge on any atom is 0.194 e. The van der Waals surface area contributed by atoms with Gasteiger partial charge in [0.05, 0.1) is 31.6 Å². The van der Waals surface area contributed by atoms with Gasteiger partial charge in [-0.2, -0.15) is 5.10 Å². The van der Waals surface area contributed by atoms with Crippen molar-refractivity contribution < 1.29 is 4.74 Å². The van der Waals surface area contributed by atoms with Crippen molar-refractivity contribution in [2.75, 3.05) is 45.2 Å². The Hall–Kier alpha value is -2.61. The molecule has 8 nitrogen and oxygen atoms in total. The van der Waals surface area contributed by atoms with Crippen LogP contribution in [-0.4, -0.2) is 66.0 Å². The molecule has 1 fully saturated rings. The number of aliphatic imine (C=N–C) groups is 1. The van der Waals surface area contributed by atoms with Crippen LogP contribution in [0.5, 0.6) is 0 Å². The molecule has 146 valence electrons. The van der Waals surface area contributed by atoms with Gasteiger partial charge in [0.15, 0.2) is 5.96 Å². The third kappa shape index (κ3) is 4.97. The van der Waals surface area contributed by atoms with Crippen LogP contribution in [0.1, 0.15) is 24.3 Å². The van der Waals surface area contributed by atoms with Crippen LogP contribution in [-0.2, 0) is 18.3 Å². The molecule has 27 heavy (non-hydrogen) atoms. The molecule has 1 aliphatic heterocycles. The van der Waals surface area contributed by atoms with Gasteiger partial charge < -0.3 is 19.9 Å². The second-order valence-electron chi connectivity index (χ2n) is 6.80. The van der Waals surface area contributed by atoms with Crippen molar-refractivity contribution in [1.82, 2.24) is 25.0 Å². The number of guanidine groups is 1. The van der Waals surface area contributed by atoms with Crippen molar-refractivity contribution >= 4 is 11.8 Å². The molecule has 2 aromatic rings. The molecule has 0 saturated carbocycles. The molecule has 0 amide bonds. The Kier molecular flexibility index (Phi) is 6.28. The van der Waals surface area contributed by atoms with Gasteiger partial charge in [0, 0.05) is 46.0 Å². The van der Waals surface area contributed by atoms with E-state index in [4.69, 9.17) is 9.73 Å². The summed E-state index contributed by atoms with van der Waals surface area (Å²) in [5.41, 5.74) is 2.05. The lowest BCUT2D eigenvalue weighted by Gasteiger charge is -2.34. The molecular formula is C19H29N7O. The molecule has 0 spiro atoms. The van der Waals surface area contributed by atoms with Gasteiger partial charge in [-0.1, -0.05) is 6.07 Å². The topological polar surface area (TPSA) is 70.8 Å². The highest BCUT2D eigenvalue weighted by atomic mass is 16.5. The minimum atomic E-state index is 0.00602. The molecule has 1 atom stereocenters. The van der Waals surface area contributed by atoms with Gasteiger partial charge >= 0.3 is 0 Å². The van der Waals surface area contributed by atoms with E-state index >= 15 is 0 Å². The summed E-state index contributed by atoms with van der Waals surface area (Å²) in [4.78, 5) is 13.7. The summed E-state index contributed by atoms with van der Waals surface area (Å²) >= 11 is 0. The van der Waals surface area contributed by atoms with Crippen molar-refractivity contribution in [2.24, 2.45) is 12.0 Å². The normalized spacial score (nSPS) is 17.9. The zero-order valence-corrected chi connectivity index (χ0v) is 16.6. The molecule has 1 unspecified atom stereocenters. The molecule has 0 radical (unpaired) electrons. The van der Waals surface area contributed by atoms with E-state index in [1.807, 2.05) is 56.6 Å². The molecule has 0 bridgehead atoms. The third-order valence-corrected chi connectivity index (χ3v) is 4.44. The molecule has 1 aliphatic rings. The number of hydrogen-bond acceptors (Lipinski definition) is 5. The molecule has 0 aromatic carbocycles. The summed E-state index contributed by atoms with van der Waals surface area (Å²) in [5, 5.41) is 7.66. The standard InChI is InChI=1S/C19H29N7O/c1-5-20-19(21-12-16-7-6-8-18(23-16)24(2)3)26-9-10-27-17(14-26)15-11-22-25(4)13-15/h6-8,11,13,17H,5,9-10,12,14H2,1-4H3,(H,20,21). The predicted molar refractivity (Wildman–Crippen MR) is 107 cm³/mol. The fourth-order valence-electron chi connectivity index (χ4n) is 3.04. The minimum Gasteiger partial charge on any atom is -0.370 e. The van der Waals surface area contributed by atoms with Crippen LogP contribution in [0.25, 0.3) is 0 Å². The van der Waals surface area contributed by atoms with Crippen molar-refractivity contribution in [3.05, 3.63) is 41.9 Å². The van der Waals surface area contributed by atoms with E-state index in [1.165, 1.54) is 0 Å². The van der Waals surface area contributed by atoms with Crippen LogP contribution in [0, 0.1) is 0 Å². The van der Waals surface area contributed by atoms with Crippen LogP contribution < -0.4 is 10.2 Å². The molecule has 8 heteroatoms. The van der Waals surface area contributed by atoms with Crippen LogP contribution in [0.3, 0.4) is 0 Å². The van der Waals surface area contributed by atoms with Crippen LogP contribution in [0.15, 0.2) is 35.6 Å². The summed E-state index contributed by atoms with van der Waals surface area (Å²) in [7, 11) is 5.90. The number of nitrogens with one attached hydrogen (secondary N) is 1. The molecule has 1 saturated heterocycles. The van der Waals surface area contributed by atoms with E-state index in [0.29, 0.717) is 13.2 Å². The van der Waals surface area contributed by atoms with Crippen LogP contribution >= 0.6 is 0 Å². The van der Waals surface area contributed by atoms with Crippen molar-refractivity contribution in [1.29, 1.82) is 0 Å². The fourth-order valence-corrected chi connectivity index (χ4v) is 3.04. The first kappa shape index (κ1) is 19.2. The Balaban J connectivity index is 1.72. The number of pyridine rings is 1. The lowest BCUT2D eigenvalue weighted by atomic mass is 10.1. The number of rotatable bonds is 5. The predicted octanol–water partition coefficient (Wildman–Crippen LogP) is 1.42. The lowest BCUT2D eigenvalue weighted by molar-refractivity contribution is -0.00805. The van der Waals surface area contributed by atoms with E-state index in [9.17, 15) is 0 Å². The average molecular weight is 371 g/mol. The Bertz CT molecular complexity index is 771. The van der Waals surface area contributed by atoms with Gasteiger partial charge in [-0.15, -0.1) is 0 Å². The highest BCUT2D eigenvalue weighted by Crippen LogP contribution is 2.21. The fraction of sp³-hybridized carbons (Fsp3) is 0.526. The summed E-state index contributed by atoms with van der Waals surface area (Å²) in [6.45, 7) is 5.67. The molecule has 3 rings (SSSR count). The van der Waals surface area contributed by atoms with E-state index in [2.05, 4.69) is 27.2 Å². The highest BCUT2D eigenvalue weighted by molar-refractivity contribution is 5.80. The lowest BCUT2D eigenvalue weighted by Crippen LogP contribution is -2.48. The van der Waals surface area contributed by atoms with E-state index in [-0.39, 0.29) is 6.10 Å². The van der Waals surface area contributed by atoms with E-state index in [1.54, 1.807) is 4.68 Å². The number of ether oxygens (including phenoxy) is 1. The number of nitrogens with zero attached hydrogens (tertiary/aromatic N) is 6. The quantitative estimate of drug-likeness (QED) is 0.633. The molecular weight excluding hydrogens is 342 g/mol. The largest absolute Gasteiger partial charge is 0.370 e. The summed E-state index contributed by atoms with van der Waals surface area (Å²) < 4.78 is 7.75. The monoisotopic (exact) mass is 371 g/mol. The first-order valence-corrected chi connectivity index (χ1v) is 9.33. The Morgan fingerprint density at radius 3 is 2.96 bits per heavy atom. The molecule has 1 N–H and O–H groups in total. The zero-order valence-electron chi connectivity index (χ0n) is 16.6. The minimum absolute atomic E-state index is 0.00602. The van der Waals surface area contributed by atoms with Gasteiger partial charge in [0.1, 0.15) is 11.9 Å². The number of aromatic nitrogens is 3. The summed E-state index contributed by atoms with van der Waals surface area (Å²) in [6, 6.07) is 6.03. The zero-order chi connectivity index (χ0) is 19.2. The first-order valence-electron chi connectivity index (χ1n) is 9.33. The SMILES string of the molecule is CCNC(=NCc1cccc(N(C)C)n1)N1CCOC(c2cnn(C)c2)C1. The first-order chi connectivity index (χ1) is 13.1. The van der Waals surface area contributed by atoms with Gasteiger partial charge in [-0.05, 0) is 19.1 Å². The van der Waals surface area contributed by atoms with Gasteiger partial charge in [-0.3, -0.25) is 4.68 Å². The van der Waals surface area contributed by atoms with Crippen LogP contribution in [0.2, 0.25) is 0 Å². The molecule has 2 aromatic heterocycles. The van der Waals surface area contributed by atoms with E-state index in [0.717, 1.165) is 42.7 Å². The number of morpholine rings is 1. The Labute approximate surface area is 160 Å². The van der Waals surface area contributed by atoms with Crippen molar-refractivity contribution in [3.63, 3.8) is 0 Å². The highest BCUT2D eigenvalue weighted by Gasteiger charge is 2.25. The average Bonchev–Trinajstić information content (AvgIpc) is 3.12. The summed E-state index contributed by atoms with van der Waals surface area (Å²) in [6.07, 6.45) is 3.88. The molecule has 0 aliphatic carbocycles. The maximum absolute atomic E-state index is 5.95. The Morgan fingerprint density at radius 1 is 1.41 bits per heavy atom. The van der Waals surface area contributed by atoms with Gasteiger partial charge in [-0.25, -0.2) is 9.98 Å². The number of aryl methyl sites for hydroxylation is 1. The smallest absolute Gasteiger partial charge is 0.194 e. The Morgan fingerprint density at radius 2 is 2.26 bits per heavy atom. The van der Waals surface area contributed by atoms with Crippen LogP contribution in [0.4, 0.5) is 5.82 Å². The third-order valence-electron chi connectivity index (χ3n) is 4.44. The molecule has 3 heterocycles. The number of anilines is 1. The number of hydrogen-bond donors (Lipinski definition) is 1. The van der Waals surface area contributed by atoms with Crippen molar-refractivity contribution in [2.45, 2.75) is 19.6 Å².